The van der Waals surface area contributed by atoms with E-state index in [0.717, 1.165) is 12.4 Å². The van der Waals surface area contributed by atoms with Gasteiger partial charge in [0.15, 0.2) is 0 Å². The highest BCUT2D eigenvalue weighted by Gasteiger charge is 2.05. The number of hydrogen-bond acceptors (Lipinski definition) is 4. The first-order chi connectivity index (χ1) is 8.65. The smallest absolute Gasteiger partial charge is 0.127 e. The van der Waals surface area contributed by atoms with Crippen LogP contribution in [0.4, 0.5) is 5.82 Å². The molecule has 0 bridgehead atoms. The summed E-state index contributed by atoms with van der Waals surface area (Å²) in [6.45, 7) is 2.90. The molecule has 2 heterocycles. The van der Waals surface area contributed by atoms with Gasteiger partial charge in [-0.3, -0.25) is 0 Å². The maximum absolute atomic E-state index is 5.55. The number of aromatic nitrogens is 3. The molecule has 0 amide bonds. The van der Waals surface area contributed by atoms with Crippen molar-refractivity contribution in [2.24, 2.45) is 5.73 Å². The number of hydrogen-bond donors (Lipinski definition) is 2. The van der Waals surface area contributed by atoms with E-state index >= 15 is 0 Å². The first kappa shape index (κ1) is 12.5. The van der Waals surface area contributed by atoms with Gasteiger partial charge in [0.2, 0.25) is 0 Å². The van der Waals surface area contributed by atoms with Gasteiger partial charge in [0.1, 0.15) is 10.8 Å². The predicted molar refractivity (Wildman–Crippen MR) is 75.4 cm³/mol. The standard InChI is InChI=1S/C12H15N5S/c1-9(7-17-6-5-14-8-17)15-11-4-2-3-10(16-11)12(13)18/h2-6,8-9H,7H2,1H3,(H2,13,18)(H,15,16). The summed E-state index contributed by atoms with van der Waals surface area (Å²) in [4.78, 5) is 8.65. The molecule has 0 aliphatic carbocycles. The highest BCUT2D eigenvalue weighted by atomic mass is 32.1. The van der Waals surface area contributed by atoms with E-state index in [1.807, 2.05) is 22.9 Å². The number of nitrogens with zero attached hydrogens (tertiary/aromatic N) is 3. The second-order valence-electron chi connectivity index (χ2n) is 4.08. The molecule has 6 heteroatoms. The normalized spacial score (nSPS) is 12.1. The molecule has 18 heavy (non-hydrogen) atoms. The molecule has 0 fully saturated rings. The average molecular weight is 261 g/mol. The number of rotatable bonds is 5. The van der Waals surface area contributed by atoms with Crippen molar-refractivity contribution in [2.45, 2.75) is 19.5 Å². The molecular formula is C12H15N5S. The molecule has 5 nitrogen and oxygen atoms in total. The zero-order valence-corrected chi connectivity index (χ0v) is 10.9. The molecule has 0 aliphatic heterocycles. The lowest BCUT2D eigenvalue weighted by molar-refractivity contribution is 0.617. The van der Waals surface area contributed by atoms with Gasteiger partial charge in [-0.15, -0.1) is 0 Å². The summed E-state index contributed by atoms with van der Waals surface area (Å²) in [6, 6.07) is 5.81. The van der Waals surface area contributed by atoms with Gasteiger partial charge in [0.25, 0.3) is 0 Å². The summed E-state index contributed by atoms with van der Waals surface area (Å²) >= 11 is 4.90. The van der Waals surface area contributed by atoms with Crippen molar-refractivity contribution in [3.63, 3.8) is 0 Å². The number of imidazole rings is 1. The van der Waals surface area contributed by atoms with E-state index in [1.54, 1.807) is 18.6 Å². The summed E-state index contributed by atoms with van der Waals surface area (Å²) in [5.41, 5.74) is 6.18. The van der Waals surface area contributed by atoms with Crippen molar-refractivity contribution >= 4 is 23.0 Å². The molecule has 0 radical (unpaired) electrons. The van der Waals surface area contributed by atoms with E-state index in [9.17, 15) is 0 Å². The molecule has 0 saturated carbocycles. The zero-order chi connectivity index (χ0) is 13.0. The molecule has 0 aromatic carbocycles. The molecule has 0 spiro atoms. The molecule has 1 atom stereocenters. The third-order valence-corrected chi connectivity index (χ3v) is 2.65. The van der Waals surface area contributed by atoms with Crippen LogP contribution >= 0.6 is 12.2 Å². The maximum Gasteiger partial charge on any atom is 0.127 e. The third-order valence-electron chi connectivity index (χ3n) is 2.44. The molecule has 94 valence electrons. The van der Waals surface area contributed by atoms with Crippen LogP contribution in [0, 0.1) is 0 Å². The van der Waals surface area contributed by atoms with Crippen LogP contribution < -0.4 is 11.1 Å². The third kappa shape index (κ3) is 3.27. The fraction of sp³-hybridized carbons (Fsp3) is 0.250. The molecule has 3 N–H and O–H groups in total. The van der Waals surface area contributed by atoms with Crippen molar-refractivity contribution in [2.75, 3.05) is 5.32 Å². The van der Waals surface area contributed by atoms with Gasteiger partial charge in [0.05, 0.1) is 12.0 Å². The fourth-order valence-electron chi connectivity index (χ4n) is 1.66. The highest BCUT2D eigenvalue weighted by molar-refractivity contribution is 7.80. The van der Waals surface area contributed by atoms with Crippen LogP contribution in [0.2, 0.25) is 0 Å². The monoisotopic (exact) mass is 261 g/mol. The van der Waals surface area contributed by atoms with Crippen molar-refractivity contribution < 1.29 is 0 Å². The minimum absolute atomic E-state index is 0.230. The topological polar surface area (TPSA) is 68.8 Å². The lowest BCUT2D eigenvalue weighted by Crippen LogP contribution is -2.22. The van der Waals surface area contributed by atoms with Gasteiger partial charge in [-0.2, -0.15) is 0 Å². The summed E-state index contributed by atoms with van der Waals surface area (Å²) in [5.74, 6) is 0.771. The molecule has 2 rings (SSSR count). The van der Waals surface area contributed by atoms with Gasteiger partial charge in [-0.25, -0.2) is 9.97 Å². The SMILES string of the molecule is CC(Cn1ccnc1)Nc1cccc(C(N)=S)n1. The Balaban J connectivity index is 2.00. The first-order valence-electron chi connectivity index (χ1n) is 5.64. The van der Waals surface area contributed by atoms with E-state index in [2.05, 4.69) is 22.2 Å². The van der Waals surface area contributed by atoms with Crippen LogP contribution in [0.25, 0.3) is 0 Å². The Morgan fingerprint density at radius 3 is 3.06 bits per heavy atom. The van der Waals surface area contributed by atoms with Crippen molar-refractivity contribution in [3.05, 3.63) is 42.6 Å². The lowest BCUT2D eigenvalue weighted by atomic mass is 10.3. The van der Waals surface area contributed by atoms with Crippen LogP contribution in [-0.4, -0.2) is 25.6 Å². The minimum Gasteiger partial charge on any atom is -0.388 e. The first-order valence-corrected chi connectivity index (χ1v) is 6.05. The van der Waals surface area contributed by atoms with Gasteiger partial charge in [-0.05, 0) is 19.1 Å². The molecule has 2 aromatic rings. The fourth-order valence-corrected chi connectivity index (χ4v) is 1.78. The lowest BCUT2D eigenvalue weighted by Gasteiger charge is -2.15. The number of pyridine rings is 1. The summed E-state index contributed by atoms with van der Waals surface area (Å²) < 4.78 is 2.01. The summed E-state index contributed by atoms with van der Waals surface area (Å²) in [6.07, 6.45) is 5.48. The van der Waals surface area contributed by atoms with Crippen LogP contribution in [-0.2, 0) is 6.54 Å². The van der Waals surface area contributed by atoms with Crippen LogP contribution in [0.3, 0.4) is 0 Å². The van der Waals surface area contributed by atoms with Gasteiger partial charge >= 0.3 is 0 Å². The predicted octanol–water partition coefficient (Wildman–Crippen LogP) is 1.41. The molecule has 1 unspecified atom stereocenters. The average Bonchev–Trinajstić information content (AvgIpc) is 2.82. The Labute approximate surface area is 111 Å². The molecule has 0 aliphatic rings. The Morgan fingerprint density at radius 2 is 2.39 bits per heavy atom. The Hall–Kier alpha value is -1.95. The number of thiocarbonyl (C=S) groups is 1. The van der Waals surface area contributed by atoms with E-state index in [-0.39, 0.29) is 6.04 Å². The Kier molecular flexibility index (Phi) is 3.88. The minimum atomic E-state index is 0.230. The van der Waals surface area contributed by atoms with Crippen LogP contribution in [0.5, 0.6) is 0 Å². The van der Waals surface area contributed by atoms with Gasteiger partial charge < -0.3 is 15.6 Å². The zero-order valence-electron chi connectivity index (χ0n) is 10.1. The van der Waals surface area contributed by atoms with Gasteiger partial charge in [-0.1, -0.05) is 18.3 Å². The largest absolute Gasteiger partial charge is 0.388 e. The van der Waals surface area contributed by atoms with Crippen LogP contribution in [0.1, 0.15) is 12.6 Å². The molecule has 2 aromatic heterocycles. The van der Waals surface area contributed by atoms with Crippen molar-refractivity contribution in [3.8, 4) is 0 Å². The number of anilines is 1. The number of nitrogens with two attached hydrogens (primary N) is 1. The second-order valence-corrected chi connectivity index (χ2v) is 4.52. The van der Waals surface area contributed by atoms with E-state index in [1.165, 1.54) is 0 Å². The maximum atomic E-state index is 5.55. The molecular weight excluding hydrogens is 246 g/mol. The van der Waals surface area contributed by atoms with E-state index in [0.29, 0.717) is 10.7 Å². The van der Waals surface area contributed by atoms with Crippen LogP contribution in [0.15, 0.2) is 36.9 Å². The van der Waals surface area contributed by atoms with Gasteiger partial charge in [0, 0.05) is 25.0 Å². The number of nitrogens with one attached hydrogen (secondary N) is 1. The highest BCUT2D eigenvalue weighted by Crippen LogP contribution is 2.07. The molecule has 0 saturated heterocycles. The summed E-state index contributed by atoms with van der Waals surface area (Å²) in [7, 11) is 0. The Morgan fingerprint density at radius 1 is 1.56 bits per heavy atom. The quantitative estimate of drug-likeness (QED) is 0.797. The van der Waals surface area contributed by atoms with E-state index < -0.39 is 0 Å². The Bertz CT molecular complexity index is 523. The van der Waals surface area contributed by atoms with Crippen molar-refractivity contribution in [1.29, 1.82) is 0 Å². The second kappa shape index (κ2) is 5.59. The van der Waals surface area contributed by atoms with E-state index in [4.69, 9.17) is 18.0 Å². The van der Waals surface area contributed by atoms with Crippen molar-refractivity contribution in [1.82, 2.24) is 14.5 Å². The summed E-state index contributed by atoms with van der Waals surface area (Å²) in [5, 5.41) is 3.30.